The fourth-order valence-corrected chi connectivity index (χ4v) is 5.55. The Balaban J connectivity index is 1.74. The Bertz CT molecular complexity index is 1010. The molecule has 0 saturated heterocycles. The molecule has 1 aromatic carbocycles. The lowest BCUT2D eigenvalue weighted by molar-refractivity contribution is -0.126. The Hall–Kier alpha value is -2.69. The predicted molar refractivity (Wildman–Crippen MR) is 136 cm³/mol. The highest BCUT2D eigenvalue weighted by molar-refractivity contribution is 6.00. The number of aromatic nitrogens is 1. The molecule has 5 heteroatoms. The number of hydrogen-bond acceptors (Lipinski definition) is 5. The van der Waals surface area contributed by atoms with Crippen LogP contribution in [0.4, 0.5) is 5.82 Å². The van der Waals surface area contributed by atoms with Gasteiger partial charge in [-0.2, -0.15) is 0 Å². The quantitative estimate of drug-likeness (QED) is 0.555. The molecule has 1 aromatic heterocycles. The molecular weight excluding hydrogens is 424 g/mol. The summed E-state index contributed by atoms with van der Waals surface area (Å²) in [4.78, 5) is 31.5. The normalized spacial score (nSPS) is 21.9. The molecule has 0 bridgehead atoms. The number of ether oxygens (including phenoxy) is 1. The van der Waals surface area contributed by atoms with E-state index < -0.39 is 0 Å². The summed E-state index contributed by atoms with van der Waals surface area (Å²) in [6.45, 7) is 4.04. The third-order valence-electron chi connectivity index (χ3n) is 7.57. The molecule has 1 heterocycles. The molecule has 182 valence electrons. The monoisotopic (exact) mass is 462 g/mol. The van der Waals surface area contributed by atoms with Crippen LogP contribution in [0.5, 0.6) is 5.75 Å². The first kappa shape index (κ1) is 24.4. The fourth-order valence-electron chi connectivity index (χ4n) is 5.55. The van der Waals surface area contributed by atoms with Gasteiger partial charge in [-0.25, -0.2) is 4.98 Å². The summed E-state index contributed by atoms with van der Waals surface area (Å²) < 4.78 is 5.31. The summed E-state index contributed by atoms with van der Waals surface area (Å²) in [7, 11) is 1.66. The van der Waals surface area contributed by atoms with Gasteiger partial charge in [0, 0.05) is 29.9 Å². The van der Waals surface area contributed by atoms with Gasteiger partial charge in [0.1, 0.15) is 17.4 Å². The number of ketones is 2. The molecule has 34 heavy (non-hydrogen) atoms. The number of benzene rings is 1. The molecule has 0 amide bonds. The number of hydrogen-bond donors (Lipinski definition) is 1. The van der Waals surface area contributed by atoms with Gasteiger partial charge >= 0.3 is 0 Å². The van der Waals surface area contributed by atoms with Gasteiger partial charge in [0.2, 0.25) is 0 Å². The highest BCUT2D eigenvalue weighted by atomic mass is 16.5. The van der Waals surface area contributed by atoms with Crippen LogP contribution >= 0.6 is 0 Å². The van der Waals surface area contributed by atoms with E-state index in [0.29, 0.717) is 31.7 Å². The maximum atomic E-state index is 13.5. The Kier molecular flexibility index (Phi) is 8.02. The van der Waals surface area contributed by atoms with Crippen molar-refractivity contribution >= 4 is 17.4 Å². The molecule has 2 aliphatic rings. The minimum atomic E-state index is -0.138. The summed E-state index contributed by atoms with van der Waals surface area (Å²) in [5.41, 5.74) is 3.66. The number of fused-ring (bicyclic) bond motifs is 1. The lowest BCUT2D eigenvalue weighted by atomic mass is 9.87. The molecule has 2 unspecified atom stereocenters. The minimum Gasteiger partial charge on any atom is -0.497 e. The second-order valence-corrected chi connectivity index (χ2v) is 10.1. The lowest BCUT2D eigenvalue weighted by Crippen LogP contribution is -2.25. The summed E-state index contributed by atoms with van der Waals surface area (Å²) in [6.07, 6.45) is 9.06. The second-order valence-electron chi connectivity index (χ2n) is 10.1. The van der Waals surface area contributed by atoms with E-state index in [2.05, 4.69) is 23.5 Å². The summed E-state index contributed by atoms with van der Waals surface area (Å²) in [5.74, 6) is 1.87. The van der Waals surface area contributed by atoms with E-state index in [-0.39, 0.29) is 23.4 Å². The smallest absolute Gasteiger partial charge is 0.165 e. The number of rotatable bonds is 6. The minimum absolute atomic E-state index is 0.0434. The number of carbonyl (C=O) groups excluding carboxylic acids is 2. The van der Waals surface area contributed by atoms with E-state index in [9.17, 15) is 9.59 Å². The van der Waals surface area contributed by atoms with E-state index in [0.717, 1.165) is 53.2 Å². The highest BCUT2D eigenvalue weighted by Gasteiger charge is 2.30. The van der Waals surface area contributed by atoms with Crippen molar-refractivity contribution in [2.75, 3.05) is 12.4 Å². The predicted octanol–water partition coefficient (Wildman–Crippen LogP) is 6.18. The van der Waals surface area contributed by atoms with Crippen LogP contribution in [-0.2, 0) is 17.6 Å². The van der Waals surface area contributed by atoms with Crippen LogP contribution in [-0.4, -0.2) is 29.7 Å². The molecule has 0 radical (unpaired) electrons. The van der Waals surface area contributed by atoms with Crippen LogP contribution in [0.15, 0.2) is 30.3 Å². The SMILES string of the molecule is CCC1CCC(=O)c2c(Cc3ccc(OC)cc3)cc(NC3CCCCC3)nc2CC(C)C1=O. The average Bonchev–Trinajstić information content (AvgIpc) is 2.88. The van der Waals surface area contributed by atoms with E-state index >= 15 is 0 Å². The first-order chi connectivity index (χ1) is 16.5. The van der Waals surface area contributed by atoms with Crippen molar-refractivity contribution in [3.05, 3.63) is 52.7 Å². The molecule has 1 saturated carbocycles. The highest BCUT2D eigenvalue weighted by Crippen LogP contribution is 2.31. The summed E-state index contributed by atoms with van der Waals surface area (Å²) in [6, 6.07) is 10.5. The van der Waals surface area contributed by atoms with Crippen LogP contribution in [0.1, 0.15) is 92.4 Å². The van der Waals surface area contributed by atoms with Crippen LogP contribution < -0.4 is 10.1 Å². The Morgan fingerprint density at radius 3 is 2.47 bits per heavy atom. The third-order valence-corrected chi connectivity index (χ3v) is 7.57. The number of carbonyl (C=O) groups is 2. The number of pyridine rings is 1. The number of Topliss-reactive ketones (excluding diaryl/α,β-unsaturated/α-hetero) is 2. The zero-order chi connectivity index (χ0) is 24.1. The summed E-state index contributed by atoms with van der Waals surface area (Å²) in [5, 5.41) is 3.66. The topological polar surface area (TPSA) is 68.3 Å². The number of nitrogens with one attached hydrogen (secondary N) is 1. The Labute approximate surface area is 203 Å². The largest absolute Gasteiger partial charge is 0.497 e. The number of methoxy groups -OCH3 is 1. The Morgan fingerprint density at radius 2 is 1.79 bits per heavy atom. The van der Waals surface area contributed by atoms with Crippen molar-refractivity contribution < 1.29 is 14.3 Å². The van der Waals surface area contributed by atoms with Crippen molar-refractivity contribution in [1.82, 2.24) is 4.98 Å². The van der Waals surface area contributed by atoms with Crippen LogP contribution in [0.2, 0.25) is 0 Å². The molecule has 2 atom stereocenters. The van der Waals surface area contributed by atoms with Crippen molar-refractivity contribution in [1.29, 1.82) is 0 Å². The molecule has 4 rings (SSSR count). The first-order valence-corrected chi connectivity index (χ1v) is 13.0. The molecular formula is C29H38N2O3. The zero-order valence-electron chi connectivity index (χ0n) is 20.9. The fraction of sp³-hybridized carbons (Fsp3) is 0.552. The van der Waals surface area contributed by atoms with Crippen LogP contribution in [0.25, 0.3) is 0 Å². The number of nitrogens with zero attached hydrogens (tertiary/aromatic N) is 1. The van der Waals surface area contributed by atoms with E-state index in [1.807, 2.05) is 26.0 Å². The van der Waals surface area contributed by atoms with Crippen LogP contribution in [0, 0.1) is 11.8 Å². The molecule has 0 aliphatic heterocycles. The van der Waals surface area contributed by atoms with Gasteiger partial charge in [-0.05, 0) is 67.9 Å². The van der Waals surface area contributed by atoms with Crippen molar-refractivity contribution in [3.8, 4) is 5.75 Å². The van der Waals surface area contributed by atoms with Gasteiger partial charge in [-0.15, -0.1) is 0 Å². The third kappa shape index (κ3) is 5.68. The molecule has 2 aliphatic carbocycles. The standard InChI is InChI=1S/C29H38N2O3/c1-4-21-12-15-26(32)28-22(17-20-10-13-24(34-3)14-11-20)18-27(30-23-8-6-5-7-9-23)31-25(28)16-19(2)29(21)33/h10-11,13-14,18-19,21,23H,4-9,12,15-17H2,1-3H3,(H,30,31). The molecule has 0 spiro atoms. The maximum Gasteiger partial charge on any atom is 0.165 e. The lowest BCUT2D eigenvalue weighted by Gasteiger charge is -2.25. The van der Waals surface area contributed by atoms with E-state index in [1.165, 1.54) is 19.3 Å². The molecule has 1 fully saturated rings. The van der Waals surface area contributed by atoms with E-state index in [4.69, 9.17) is 9.72 Å². The zero-order valence-corrected chi connectivity index (χ0v) is 20.9. The Morgan fingerprint density at radius 1 is 1.06 bits per heavy atom. The first-order valence-electron chi connectivity index (χ1n) is 13.0. The maximum absolute atomic E-state index is 13.5. The van der Waals surface area contributed by atoms with Gasteiger partial charge in [0.25, 0.3) is 0 Å². The van der Waals surface area contributed by atoms with Gasteiger partial charge in [0.15, 0.2) is 5.78 Å². The van der Waals surface area contributed by atoms with Crippen molar-refractivity contribution in [2.45, 2.75) is 84.1 Å². The van der Waals surface area contributed by atoms with Gasteiger partial charge in [-0.3, -0.25) is 9.59 Å². The van der Waals surface area contributed by atoms with Gasteiger partial charge in [0.05, 0.1) is 12.8 Å². The molecule has 2 aromatic rings. The molecule has 1 N–H and O–H groups in total. The summed E-state index contributed by atoms with van der Waals surface area (Å²) >= 11 is 0. The second kappa shape index (κ2) is 11.2. The van der Waals surface area contributed by atoms with E-state index in [1.54, 1.807) is 7.11 Å². The van der Waals surface area contributed by atoms with Crippen molar-refractivity contribution in [3.63, 3.8) is 0 Å². The molecule has 5 nitrogen and oxygen atoms in total. The van der Waals surface area contributed by atoms with Crippen molar-refractivity contribution in [2.24, 2.45) is 11.8 Å². The van der Waals surface area contributed by atoms with Crippen LogP contribution in [0.3, 0.4) is 0 Å². The average molecular weight is 463 g/mol. The van der Waals surface area contributed by atoms with Gasteiger partial charge < -0.3 is 10.1 Å². The number of anilines is 1. The van der Waals surface area contributed by atoms with Gasteiger partial charge in [-0.1, -0.05) is 45.2 Å².